The zero-order valence-electron chi connectivity index (χ0n) is 12.7. The predicted molar refractivity (Wildman–Crippen MR) is 90.6 cm³/mol. The van der Waals surface area contributed by atoms with E-state index in [1.54, 1.807) is 12.3 Å². The van der Waals surface area contributed by atoms with E-state index in [-0.39, 0.29) is 11.4 Å². The molecular formula is C18H12ClF3N2O. The number of aromatic nitrogens is 1. The van der Waals surface area contributed by atoms with Crippen molar-refractivity contribution in [1.29, 1.82) is 0 Å². The van der Waals surface area contributed by atoms with Crippen molar-refractivity contribution in [3.8, 4) is 11.1 Å². The van der Waals surface area contributed by atoms with Crippen LogP contribution in [0.3, 0.4) is 0 Å². The van der Waals surface area contributed by atoms with Crippen molar-refractivity contribution in [2.45, 2.75) is 6.18 Å². The largest absolute Gasteiger partial charge is 0.417 e. The zero-order chi connectivity index (χ0) is 18.0. The van der Waals surface area contributed by atoms with Gasteiger partial charge in [0.1, 0.15) is 5.69 Å². The van der Waals surface area contributed by atoms with E-state index in [4.69, 9.17) is 11.6 Å². The Morgan fingerprint density at radius 1 is 1.00 bits per heavy atom. The molecule has 2 N–H and O–H groups in total. The number of benzene rings is 2. The first-order chi connectivity index (χ1) is 11.8. The summed E-state index contributed by atoms with van der Waals surface area (Å²) < 4.78 is 38.6. The molecule has 1 amide bonds. The number of hydrogen-bond acceptors (Lipinski definition) is 1. The third-order valence-corrected chi connectivity index (χ3v) is 3.89. The Bertz CT molecular complexity index is 904. The second-order valence-electron chi connectivity index (χ2n) is 5.31. The summed E-state index contributed by atoms with van der Waals surface area (Å²) >= 11 is 5.57. The molecule has 0 aliphatic carbocycles. The minimum atomic E-state index is -4.59. The fourth-order valence-electron chi connectivity index (χ4n) is 2.34. The van der Waals surface area contributed by atoms with Gasteiger partial charge in [0.25, 0.3) is 5.91 Å². The molecule has 0 fully saturated rings. The molecule has 3 aromatic rings. The number of H-pyrrole nitrogens is 1. The lowest BCUT2D eigenvalue weighted by atomic mass is 10.1. The Labute approximate surface area is 146 Å². The summed E-state index contributed by atoms with van der Waals surface area (Å²) in [5, 5.41) is 2.01. The lowest BCUT2D eigenvalue weighted by molar-refractivity contribution is -0.137. The van der Waals surface area contributed by atoms with E-state index >= 15 is 0 Å². The average molecular weight is 365 g/mol. The van der Waals surface area contributed by atoms with Crippen LogP contribution in [0.5, 0.6) is 0 Å². The highest BCUT2D eigenvalue weighted by atomic mass is 35.5. The van der Waals surface area contributed by atoms with Crippen LogP contribution in [-0.2, 0) is 6.18 Å². The molecule has 0 bridgehead atoms. The van der Waals surface area contributed by atoms with E-state index < -0.39 is 22.7 Å². The van der Waals surface area contributed by atoms with Crippen molar-refractivity contribution >= 4 is 23.2 Å². The molecule has 2 aromatic carbocycles. The molecule has 128 valence electrons. The number of aromatic amines is 1. The lowest BCUT2D eigenvalue weighted by Crippen LogP contribution is -2.13. The number of carbonyl (C=O) groups is 1. The fraction of sp³-hybridized carbons (Fsp3) is 0.0556. The highest BCUT2D eigenvalue weighted by molar-refractivity contribution is 6.31. The predicted octanol–water partition coefficient (Wildman–Crippen LogP) is 5.61. The maximum absolute atomic E-state index is 12.9. The second kappa shape index (κ2) is 6.64. The highest BCUT2D eigenvalue weighted by Crippen LogP contribution is 2.36. The zero-order valence-corrected chi connectivity index (χ0v) is 13.4. The molecule has 0 spiro atoms. The van der Waals surface area contributed by atoms with Gasteiger partial charge in [-0.2, -0.15) is 13.2 Å². The van der Waals surface area contributed by atoms with E-state index in [1.165, 1.54) is 6.07 Å². The standard InChI is InChI=1S/C18H12ClF3N2O/c19-15-7-6-13(9-14(15)18(20,21)22)24-17(25)16-8-12(10-23-16)11-4-2-1-3-5-11/h1-10,23H,(H,24,25). The van der Waals surface area contributed by atoms with Gasteiger partial charge in [-0.3, -0.25) is 4.79 Å². The maximum atomic E-state index is 12.9. The highest BCUT2D eigenvalue weighted by Gasteiger charge is 2.33. The van der Waals surface area contributed by atoms with Crippen LogP contribution in [0.15, 0.2) is 60.8 Å². The van der Waals surface area contributed by atoms with Gasteiger partial charge in [0, 0.05) is 11.9 Å². The van der Waals surface area contributed by atoms with Crippen LogP contribution < -0.4 is 5.32 Å². The molecule has 0 saturated heterocycles. The Kier molecular flexibility index (Phi) is 4.55. The topological polar surface area (TPSA) is 44.9 Å². The normalized spacial score (nSPS) is 11.4. The van der Waals surface area contributed by atoms with E-state index in [2.05, 4.69) is 10.3 Å². The van der Waals surface area contributed by atoms with Gasteiger partial charge in [0.2, 0.25) is 0 Å². The van der Waals surface area contributed by atoms with Crippen molar-refractivity contribution in [1.82, 2.24) is 4.98 Å². The summed E-state index contributed by atoms with van der Waals surface area (Å²) in [7, 11) is 0. The number of halogens is 4. The Balaban J connectivity index is 1.81. The molecule has 3 rings (SSSR count). The molecule has 0 aliphatic heterocycles. The average Bonchev–Trinajstić information content (AvgIpc) is 3.06. The van der Waals surface area contributed by atoms with Crippen molar-refractivity contribution in [2.75, 3.05) is 5.32 Å². The third-order valence-electron chi connectivity index (χ3n) is 3.56. The van der Waals surface area contributed by atoms with Gasteiger partial charge in [-0.1, -0.05) is 41.9 Å². The van der Waals surface area contributed by atoms with E-state index in [1.807, 2.05) is 30.3 Å². The van der Waals surface area contributed by atoms with Crippen LogP contribution in [0.4, 0.5) is 18.9 Å². The molecule has 0 aliphatic rings. The van der Waals surface area contributed by atoms with Gasteiger partial charge in [-0.05, 0) is 35.4 Å². The molecule has 1 aromatic heterocycles. The number of anilines is 1. The summed E-state index contributed by atoms with van der Waals surface area (Å²) in [5.74, 6) is -0.544. The van der Waals surface area contributed by atoms with Gasteiger partial charge in [0.15, 0.2) is 0 Å². The van der Waals surface area contributed by atoms with Gasteiger partial charge in [-0.25, -0.2) is 0 Å². The van der Waals surface area contributed by atoms with Crippen LogP contribution in [0.1, 0.15) is 16.1 Å². The van der Waals surface area contributed by atoms with Crippen LogP contribution in [0.2, 0.25) is 5.02 Å². The van der Waals surface area contributed by atoms with Crippen LogP contribution >= 0.6 is 11.6 Å². The quantitative estimate of drug-likeness (QED) is 0.623. The Hall–Kier alpha value is -2.73. The maximum Gasteiger partial charge on any atom is 0.417 e. The van der Waals surface area contributed by atoms with Crippen molar-refractivity contribution in [2.24, 2.45) is 0 Å². The van der Waals surface area contributed by atoms with Crippen LogP contribution in [0.25, 0.3) is 11.1 Å². The smallest absolute Gasteiger partial charge is 0.357 e. The summed E-state index contributed by atoms with van der Waals surface area (Å²) in [6.45, 7) is 0. The molecule has 0 saturated carbocycles. The SMILES string of the molecule is O=C(Nc1ccc(Cl)c(C(F)(F)F)c1)c1cc(-c2ccccc2)c[nH]1. The molecule has 0 radical (unpaired) electrons. The molecule has 25 heavy (non-hydrogen) atoms. The molecule has 3 nitrogen and oxygen atoms in total. The number of alkyl halides is 3. The summed E-state index contributed by atoms with van der Waals surface area (Å²) in [5.41, 5.74) is 0.977. The lowest BCUT2D eigenvalue weighted by Gasteiger charge is -2.11. The molecule has 7 heteroatoms. The van der Waals surface area contributed by atoms with Gasteiger partial charge in [0.05, 0.1) is 10.6 Å². The van der Waals surface area contributed by atoms with Crippen LogP contribution in [0, 0.1) is 0 Å². The Morgan fingerprint density at radius 2 is 1.72 bits per heavy atom. The van der Waals surface area contributed by atoms with Crippen molar-refractivity contribution in [3.05, 3.63) is 77.1 Å². The molecule has 0 atom stereocenters. The second-order valence-corrected chi connectivity index (χ2v) is 5.72. The van der Waals surface area contributed by atoms with Gasteiger partial charge < -0.3 is 10.3 Å². The van der Waals surface area contributed by atoms with Crippen LogP contribution in [-0.4, -0.2) is 10.9 Å². The third kappa shape index (κ3) is 3.85. The Morgan fingerprint density at radius 3 is 2.40 bits per heavy atom. The molecule has 1 heterocycles. The van der Waals surface area contributed by atoms with Gasteiger partial charge >= 0.3 is 6.18 Å². The summed E-state index contributed by atoms with van der Waals surface area (Å²) in [4.78, 5) is 15.1. The number of amides is 1. The van der Waals surface area contributed by atoms with E-state index in [9.17, 15) is 18.0 Å². The number of rotatable bonds is 3. The summed E-state index contributed by atoms with van der Waals surface area (Å²) in [6.07, 6.45) is -2.93. The van der Waals surface area contributed by atoms with Crippen molar-refractivity contribution < 1.29 is 18.0 Å². The number of hydrogen-bond donors (Lipinski definition) is 2. The monoisotopic (exact) mass is 364 g/mol. The number of nitrogens with one attached hydrogen (secondary N) is 2. The first-order valence-electron chi connectivity index (χ1n) is 7.26. The number of carbonyl (C=O) groups excluding carboxylic acids is 1. The summed E-state index contributed by atoms with van der Waals surface area (Å²) in [6, 6.07) is 14.2. The first kappa shape index (κ1) is 17.1. The molecular weight excluding hydrogens is 353 g/mol. The van der Waals surface area contributed by atoms with Crippen molar-refractivity contribution in [3.63, 3.8) is 0 Å². The molecule has 0 unspecified atom stereocenters. The minimum absolute atomic E-state index is 0.0117. The fourth-order valence-corrected chi connectivity index (χ4v) is 2.57. The van der Waals surface area contributed by atoms with E-state index in [0.29, 0.717) is 0 Å². The first-order valence-corrected chi connectivity index (χ1v) is 7.64. The van der Waals surface area contributed by atoms with Gasteiger partial charge in [-0.15, -0.1) is 0 Å². The van der Waals surface area contributed by atoms with E-state index in [0.717, 1.165) is 23.3 Å². The minimum Gasteiger partial charge on any atom is -0.357 e.